The number of amides is 1. The molecule has 0 unspecified atom stereocenters. The highest BCUT2D eigenvalue weighted by Gasteiger charge is 2.27. The molecule has 3 aromatic carbocycles. The first-order valence-electron chi connectivity index (χ1n) is 8.25. The molecule has 0 aliphatic carbocycles. The molecule has 0 aliphatic rings. The molecule has 1 N–H and O–H groups in total. The number of rotatable bonds is 6. The molecule has 144 valence electrons. The van der Waals surface area contributed by atoms with E-state index in [0.29, 0.717) is 0 Å². The summed E-state index contributed by atoms with van der Waals surface area (Å²) in [5.41, 5.74) is 0.320. The van der Waals surface area contributed by atoms with Crippen LogP contribution >= 0.6 is 0 Å². The van der Waals surface area contributed by atoms with Crippen molar-refractivity contribution in [3.63, 3.8) is 0 Å². The van der Waals surface area contributed by atoms with Gasteiger partial charge in [0.25, 0.3) is 10.0 Å². The van der Waals surface area contributed by atoms with E-state index in [0.717, 1.165) is 22.5 Å². The van der Waals surface area contributed by atoms with E-state index in [9.17, 15) is 22.0 Å². The van der Waals surface area contributed by atoms with Gasteiger partial charge in [-0.2, -0.15) is 0 Å². The van der Waals surface area contributed by atoms with Gasteiger partial charge < -0.3 is 5.32 Å². The van der Waals surface area contributed by atoms with E-state index in [-0.39, 0.29) is 16.3 Å². The van der Waals surface area contributed by atoms with Crippen LogP contribution < -0.4 is 9.62 Å². The van der Waals surface area contributed by atoms with E-state index in [1.807, 2.05) is 0 Å². The van der Waals surface area contributed by atoms with Gasteiger partial charge in [0.05, 0.1) is 10.6 Å². The van der Waals surface area contributed by atoms with Gasteiger partial charge in [-0.1, -0.05) is 24.3 Å². The number of carbonyl (C=O) groups is 1. The van der Waals surface area contributed by atoms with Crippen molar-refractivity contribution in [2.45, 2.75) is 4.90 Å². The van der Waals surface area contributed by atoms with Crippen molar-refractivity contribution in [2.24, 2.45) is 0 Å². The number of sulfonamides is 1. The molecule has 0 atom stereocenters. The topological polar surface area (TPSA) is 66.5 Å². The predicted molar refractivity (Wildman–Crippen MR) is 102 cm³/mol. The number of nitrogens with one attached hydrogen (secondary N) is 1. The van der Waals surface area contributed by atoms with E-state index in [2.05, 4.69) is 5.32 Å². The van der Waals surface area contributed by atoms with Gasteiger partial charge in [-0.05, 0) is 54.6 Å². The molecule has 3 rings (SSSR count). The van der Waals surface area contributed by atoms with Gasteiger partial charge in [0.1, 0.15) is 18.2 Å². The van der Waals surface area contributed by atoms with Gasteiger partial charge in [-0.3, -0.25) is 9.10 Å². The molecule has 1 amide bonds. The minimum atomic E-state index is -4.09. The Bertz CT molecular complexity index is 1070. The van der Waals surface area contributed by atoms with Crippen LogP contribution in [0.3, 0.4) is 0 Å². The Morgan fingerprint density at radius 3 is 2.18 bits per heavy atom. The zero-order valence-corrected chi connectivity index (χ0v) is 15.4. The molecule has 0 aliphatic heterocycles. The van der Waals surface area contributed by atoms with Crippen molar-refractivity contribution >= 4 is 27.3 Å². The Balaban J connectivity index is 1.92. The molecule has 0 bridgehead atoms. The molecule has 28 heavy (non-hydrogen) atoms. The smallest absolute Gasteiger partial charge is 0.264 e. The van der Waals surface area contributed by atoms with Gasteiger partial charge in [0, 0.05) is 5.69 Å². The Labute approximate surface area is 161 Å². The zero-order chi connectivity index (χ0) is 20.1. The zero-order valence-electron chi connectivity index (χ0n) is 14.5. The lowest BCUT2D eigenvalue weighted by atomic mass is 10.3. The van der Waals surface area contributed by atoms with Crippen LogP contribution in [0.5, 0.6) is 0 Å². The number of halogens is 2. The molecular formula is C20H16F2N2O3S. The molecule has 0 aromatic heterocycles. The van der Waals surface area contributed by atoms with Crippen molar-refractivity contribution in [2.75, 3.05) is 16.2 Å². The Morgan fingerprint density at radius 2 is 1.54 bits per heavy atom. The number of anilines is 2. The summed E-state index contributed by atoms with van der Waals surface area (Å²) in [4.78, 5) is 12.4. The van der Waals surface area contributed by atoms with Gasteiger partial charge in [-0.25, -0.2) is 17.2 Å². The second kappa shape index (κ2) is 8.18. The minimum absolute atomic E-state index is 0.0159. The first-order valence-corrected chi connectivity index (χ1v) is 9.69. The summed E-state index contributed by atoms with van der Waals surface area (Å²) in [6, 6.07) is 17.6. The monoisotopic (exact) mass is 402 g/mol. The molecule has 0 radical (unpaired) electrons. The average Bonchev–Trinajstić information content (AvgIpc) is 2.67. The van der Waals surface area contributed by atoms with Crippen molar-refractivity contribution in [3.05, 3.63) is 90.5 Å². The third kappa shape index (κ3) is 4.52. The molecule has 8 heteroatoms. The van der Waals surface area contributed by atoms with Crippen LogP contribution in [0.2, 0.25) is 0 Å². The van der Waals surface area contributed by atoms with Crippen LogP contribution in [0.4, 0.5) is 20.2 Å². The summed E-state index contributed by atoms with van der Waals surface area (Å²) in [5, 5.41) is 2.46. The summed E-state index contributed by atoms with van der Waals surface area (Å²) in [5.74, 6) is -1.75. The third-order valence-electron chi connectivity index (χ3n) is 3.84. The predicted octanol–water partition coefficient (Wildman–Crippen LogP) is 3.80. The maximum absolute atomic E-state index is 13.3. The lowest BCUT2D eigenvalue weighted by Crippen LogP contribution is -2.38. The first kappa shape index (κ1) is 19.5. The van der Waals surface area contributed by atoms with Crippen LogP contribution in [0.1, 0.15) is 0 Å². The van der Waals surface area contributed by atoms with Crippen molar-refractivity contribution in [1.82, 2.24) is 0 Å². The molecule has 3 aromatic rings. The fraction of sp³-hybridized carbons (Fsp3) is 0.0500. The number of carbonyl (C=O) groups excluding carboxylic acids is 1. The fourth-order valence-electron chi connectivity index (χ4n) is 2.54. The number of benzene rings is 3. The Hall–Kier alpha value is -3.26. The summed E-state index contributed by atoms with van der Waals surface area (Å²) in [6.45, 7) is -0.570. The standard InChI is InChI=1S/C20H16F2N2O3S/c21-15-9-11-18(12-10-15)24(28(26,27)19-7-2-1-3-8-19)14-20(25)23-17-6-4-5-16(22)13-17/h1-13H,14H2,(H,23,25). The lowest BCUT2D eigenvalue weighted by Gasteiger charge is -2.24. The normalized spacial score (nSPS) is 11.1. The van der Waals surface area contributed by atoms with Crippen LogP contribution in [0.15, 0.2) is 83.8 Å². The molecule has 0 fully saturated rings. The van der Waals surface area contributed by atoms with Gasteiger partial charge in [0.15, 0.2) is 0 Å². The van der Waals surface area contributed by atoms with Gasteiger partial charge in [-0.15, -0.1) is 0 Å². The molecule has 0 spiro atoms. The average molecular weight is 402 g/mol. The second-order valence-electron chi connectivity index (χ2n) is 5.86. The Morgan fingerprint density at radius 1 is 0.857 bits per heavy atom. The summed E-state index contributed by atoms with van der Waals surface area (Å²) >= 11 is 0. The summed E-state index contributed by atoms with van der Waals surface area (Å²) in [7, 11) is -4.09. The van der Waals surface area contributed by atoms with Gasteiger partial charge >= 0.3 is 0 Å². The SMILES string of the molecule is O=C(CN(c1ccc(F)cc1)S(=O)(=O)c1ccccc1)Nc1cccc(F)c1. The number of hydrogen-bond acceptors (Lipinski definition) is 3. The van der Waals surface area contributed by atoms with E-state index in [1.165, 1.54) is 42.5 Å². The quantitative estimate of drug-likeness (QED) is 0.682. The van der Waals surface area contributed by atoms with Crippen LogP contribution in [0, 0.1) is 11.6 Å². The fourth-order valence-corrected chi connectivity index (χ4v) is 3.98. The molecule has 0 saturated carbocycles. The van der Waals surface area contributed by atoms with Crippen LogP contribution in [0.25, 0.3) is 0 Å². The summed E-state index contributed by atoms with van der Waals surface area (Å²) in [6.07, 6.45) is 0. The minimum Gasteiger partial charge on any atom is -0.324 e. The second-order valence-corrected chi connectivity index (χ2v) is 7.72. The maximum atomic E-state index is 13.3. The van der Waals surface area contributed by atoms with Crippen LogP contribution in [-0.2, 0) is 14.8 Å². The molecular weight excluding hydrogens is 386 g/mol. The van der Waals surface area contributed by atoms with Crippen LogP contribution in [-0.4, -0.2) is 20.9 Å². The van der Waals surface area contributed by atoms with E-state index >= 15 is 0 Å². The highest BCUT2D eigenvalue weighted by Crippen LogP contribution is 2.24. The lowest BCUT2D eigenvalue weighted by molar-refractivity contribution is -0.114. The highest BCUT2D eigenvalue weighted by molar-refractivity contribution is 7.92. The number of hydrogen-bond donors (Lipinski definition) is 1. The van der Waals surface area contributed by atoms with E-state index < -0.39 is 34.1 Å². The van der Waals surface area contributed by atoms with Crippen molar-refractivity contribution in [3.8, 4) is 0 Å². The van der Waals surface area contributed by atoms with Crippen molar-refractivity contribution in [1.29, 1.82) is 0 Å². The molecule has 5 nitrogen and oxygen atoms in total. The third-order valence-corrected chi connectivity index (χ3v) is 5.63. The highest BCUT2D eigenvalue weighted by atomic mass is 32.2. The maximum Gasteiger partial charge on any atom is 0.264 e. The number of nitrogens with zero attached hydrogens (tertiary/aromatic N) is 1. The Kier molecular flexibility index (Phi) is 5.70. The first-order chi connectivity index (χ1) is 13.4. The molecule has 0 heterocycles. The molecule has 0 saturated heterocycles. The van der Waals surface area contributed by atoms with E-state index in [1.54, 1.807) is 18.2 Å². The van der Waals surface area contributed by atoms with E-state index in [4.69, 9.17) is 0 Å². The largest absolute Gasteiger partial charge is 0.324 e. The van der Waals surface area contributed by atoms with Gasteiger partial charge in [0.2, 0.25) is 5.91 Å². The summed E-state index contributed by atoms with van der Waals surface area (Å²) < 4.78 is 53.6. The van der Waals surface area contributed by atoms with Crippen molar-refractivity contribution < 1.29 is 22.0 Å².